The van der Waals surface area contributed by atoms with E-state index in [9.17, 15) is 9.59 Å². The normalized spacial score (nSPS) is 23.8. The van der Waals surface area contributed by atoms with Crippen LogP contribution >= 0.6 is 0 Å². The highest BCUT2D eigenvalue weighted by molar-refractivity contribution is 6.15. The minimum absolute atomic E-state index is 0.333. The zero-order valence-corrected chi connectivity index (χ0v) is 13.7. The number of nitrogens with zero attached hydrogens (tertiary/aromatic N) is 2. The number of hydrogen-bond donors (Lipinski definition) is 2. The predicted octanol–water partition coefficient (Wildman–Crippen LogP) is 0.00970. The lowest BCUT2D eigenvalue weighted by atomic mass is 10.0. The SMILES string of the molecule is C[C@]1(C(=O)NCCCN2CCOCC2)Oc2cccnc2NC1=O. The van der Waals surface area contributed by atoms with Gasteiger partial charge >= 0.3 is 0 Å². The third-order valence-corrected chi connectivity index (χ3v) is 4.22. The highest BCUT2D eigenvalue weighted by atomic mass is 16.5. The highest BCUT2D eigenvalue weighted by Gasteiger charge is 2.47. The molecule has 1 atom stereocenters. The Morgan fingerprint density at radius 2 is 2.25 bits per heavy atom. The number of amides is 2. The summed E-state index contributed by atoms with van der Waals surface area (Å²) in [7, 11) is 0. The summed E-state index contributed by atoms with van der Waals surface area (Å²) >= 11 is 0. The van der Waals surface area contributed by atoms with Crippen LogP contribution in [0, 0.1) is 0 Å². The van der Waals surface area contributed by atoms with E-state index in [0.29, 0.717) is 18.1 Å². The van der Waals surface area contributed by atoms with Crippen molar-refractivity contribution in [1.29, 1.82) is 0 Å². The molecular weight excluding hydrogens is 312 g/mol. The van der Waals surface area contributed by atoms with Gasteiger partial charge in [0.1, 0.15) is 0 Å². The quantitative estimate of drug-likeness (QED) is 0.582. The van der Waals surface area contributed by atoms with Crippen LogP contribution in [0.5, 0.6) is 5.75 Å². The number of pyridine rings is 1. The minimum Gasteiger partial charge on any atom is -0.464 e. The molecular formula is C16H22N4O4. The summed E-state index contributed by atoms with van der Waals surface area (Å²) in [5, 5.41) is 5.41. The molecule has 24 heavy (non-hydrogen) atoms. The number of nitrogens with one attached hydrogen (secondary N) is 2. The van der Waals surface area contributed by atoms with Crippen LogP contribution in [-0.2, 0) is 14.3 Å². The number of aromatic nitrogens is 1. The molecule has 3 heterocycles. The van der Waals surface area contributed by atoms with Crippen molar-refractivity contribution in [2.75, 3.05) is 44.7 Å². The Morgan fingerprint density at radius 3 is 3.04 bits per heavy atom. The molecule has 2 amide bonds. The molecule has 0 aliphatic carbocycles. The number of morpholine rings is 1. The van der Waals surface area contributed by atoms with Crippen molar-refractivity contribution in [3.63, 3.8) is 0 Å². The predicted molar refractivity (Wildman–Crippen MR) is 86.8 cm³/mol. The maximum Gasteiger partial charge on any atom is 0.279 e. The standard InChI is InChI=1S/C16H22N4O4/c1-16(15(22)19-13-12(24-16)4-2-5-17-13)14(21)18-6-3-7-20-8-10-23-11-9-20/h2,4-5H,3,6-11H2,1H3,(H,18,21)(H,17,19,22)/t16-/m1/s1. The van der Waals surface area contributed by atoms with Crippen LogP contribution in [0.2, 0.25) is 0 Å². The van der Waals surface area contributed by atoms with Crippen molar-refractivity contribution in [2.24, 2.45) is 0 Å². The topological polar surface area (TPSA) is 92.8 Å². The first-order valence-corrected chi connectivity index (χ1v) is 8.13. The molecule has 2 N–H and O–H groups in total. The van der Waals surface area contributed by atoms with Crippen LogP contribution in [0.3, 0.4) is 0 Å². The first-order chi connectivity index (χ1) is 11.6. The van der Waals surface area contributed by atoms with Crippen molar-refractivity contribution in [3.8, 4) is 5.75 Å². The first kappa shape index (κ1) is 16.7. The minimum atomic E-state index is -1.59. The summed E-state index contributed by atoms with van der Waals surface area (Å²) in [6, 6.07) is 3.36. The number of hydrogen-bond acceptors (Lipinski definition) is 6. The van der Waals surface area contributed by atoms with Gasteiger partial charge in [-0.2, -0.15) is 0 Å². The summed E-state index contributed by atoms with van der Waals surface area (Å²) in [5.41, 5.74) is -1.59. The molecule has 0 unspecified atom stereocenters. The molecule has 0 bridgehead atoms. The summed E-state index contributed by atoms with van der Waals surface area (Å²) < 4.78 is 10.9. The van der Waals surface area contributed by atoms with Gasteiger partial charge in [0, 0.05) is 25.8 Å². The summed E-state index contributed by atoms with van der Waals surface area (Å²) in [6.45, 7) is 6.19. The van der Waals surface area contributed by atoms with E-state index in [0.717, 1.165) is 39.3 Å². The number of ether oxygens (including phenoxy) is 2. The van der Waals surface area contributed by atoms with Gasteiger partial charge in [-0.25, -0.2) is 4.98 Å². The number of fused-ring (bicyclic) bond motifs is 1. The van der Waals surface area contributed by atoms with Gasteiger partial charge in [0.25, 0.3) is 17.4 Å². The van der Waals surface area contributed by atoms with Crippen molar-refractivity contribution >= 4 is 17.6 Å². The largest absolute Gasteiger partial charge is 0.464 e. The van der Waals surface area contributed by atoms with Crippen LogP contribution in [0.25, 0.3) is 0 Å². The van der Waals surface area contributed by atoms with Gasteiger partial charge in [0.15, 0.2) is 11.6 Å². The lowest BCUT2D eigenvalue weighted by molar-refractivity contribution is -0.146. The van der Waals surface area contributed by atoms with Gasteiger partial charge in [0.05, 0.1) is 13.2 Å². The third-order valence-electron chi connectivity index (χ3n) is 4.22. The Kier molecular flexibility index (Phi) is 4.96. The number of anilines is 1. The number of carbonyl (C=O) groups excluding carboxylic acids is 2. The Balaban J connectivity index is 1.51. The first-order valence-electron chi connectivity index (χ1n) is 8.13. The van der Waals surface area contributed by atoms with Crippen LogP contribution < -0.4 is 15.4 Å². The molecule has 1 aromatic heterocycles. The molecule has 0 spiro atoms. The van der Waals surface area contributed by atoms with Gasteiger partial charge in [-0.3, -0.25) is 14.5 Å². The third kappa shape index (κ3) is 3.49. The second-order valence-corrected chi connectivity index (χ2v) is 6.00. The second-order valence-electron chi connectivity index (χ2n) is 6.00. The molecule has 8 nitrogen and oxygen atoms in total. The number of rotatable bonds is 5. The van der Waals surface area contributed by atoms with E-state index >= 15 is 0 Å². The molecule has 3 rings (SSSR count). The molecule has 0 saturated carbocycles. The van der Waals surface area contributed by atoms with Gasteiger partial charge in [0.2, 0.25) is 0 Å². The van der Waals surface area contributed by atoms with Crippen molar-refractivity contribution in [3.05, 3.63) is 18.3 Å². The molecule has 2 aliphatic rings. The number of carbonyl (C=O) groups is 2. The average Bonchev–Trinajstić information content (AvgIpc) is 2.60. The molecule has 2 aliphatic heterocycles. The smallest absolute Gasteiger partial charge is 0.279 e. The fourth-order valence-corrected chi connectivity index (χ4v) is 2.71. The molecule has 1 fully saturated rings. The summed E-state index contributed by atoms with van der Waals surface area (Å²) in [5.74, 6) is -0.237. The molecule has 8 heteroatoms. The summed E-state index contributed by atoms with van der Waals surface area (Å²) in [6.07, 6.45) is 2.36. The molecule has 1 saturated heterocycles. The van der Waals surface area contributed by atoms with E-state index < -0.39 is 17.4 Å². The van der Waals surface area contributed by atoms with Crippen LogP contribution in [0.4, 0.5) is 5.82 Å². The van der Waals surface area contributed by atoms with Crippen LogP contribution in [-0.4, -0.2) is 66.7 Å². The lowest BCUT2D eigenvalue weighted by Gasteiger charge is -2.32. The van der Waals surface area contributed by atoms with E-state index in [2.05, 4.69) is 20.5 Å². The Bertz CT molecular complexity index is 618. The average molecular weight is 334 g/mol. The molecule has 130 valence electrons. The monoisotopic (exact) mass is 334 g/mol. The van der Waals surface area contributed by atoms with E-state index in [1.165, 1.54) is 6.92 Å². The summed E-state index contributed by atoms with van der Waals surface area (Å²) in [4.78, 5) is 31.0. The van der Waals surface area contributed by atoms with Crippen molar-refractivity contribution < 1.29 is 19.1 Å². The van der Waals surface area contributed by atoms with Crippen LogP contribution in [0.15, 0.2) is 18.3 Å². The van der Waals surface area contributed by atoms with Gasteiger partial charge in [-0.15, -0.1) is 0 Å². The van der Waals surface area contributed by atoms with E-state index in [1.54, 1.807) is 18.3 Å². The molecule has 1 aromatic rings. The lowest BCUT2D eigenvalue weighted by Crippen LogP contribution is -2.59. The van der Waals surface area contributed by atoms with Crippen molar-refractivity contribution in [2.45, 2.75) is 18.9 Å². The van der Waals surface area contributed by atoms with Gasteiger partial charge in [-0.1, -0.05) is 0 Å². The molecule has 0 aromatic carbocycles. The Hall–Kier alpha value is -2.19. The maximum absolute atomic E-state index is 12.4. The zero-order valence-electron chi connectivity index (χ0n) is 13.7. The fraction of sp³-hybridized carbons (Fsp3) is 0.562. The maximum atomic E-state index is 12.4. The van der Waals surface area contributed by atoms with Gasteiger partial charge < -0.3 is 20.1 Å². The Morgan fingerprint density at radius 1 is 1.46 bits per heavy atom. The van der Waals surface area contributed by atoms with E-state index in [4.69, 9.17) is 9.47 Å². The molecule has 0 radical (unpaired) electrons. The zero-order chi connectivity index (χ0) is 17.0. The second kappa shape index (κ2) is 7.14. The Labute approximate surface area is 140 Å². The van der Waals surface area contributed by atoms with E-state index in [-0.39, 0.29) is 0 Å². The highest BCUT2D eigenvalue weighted by Crippen LogP contribution is 2.31. The van der Waals surface area contributed by atoms with E-state index in [1.807, 2.05) is 0 Å². The van der Waals surface area contributed by atoms with Crippen LogP contribution in [0.1, 0.15) is 13.3 Å². The fourth-order valence-electron chi connectivity index (χ4n) is 2.71. The van der Waals surface area contributed by atoms with Gasteiger partial charge in [-0.05, 0) is 32.0 Å². The van der Waals surface area contributed by atoms with Crippen molar-refractivity contribution in [1.82, 2.24) is 15.2 Å².